The Morgan fingerprint density at radius 1 is 1.43 bits per heavy atom. The lowest BCUT2D eigenvalue weighted by Crippen LogP contribution is -2.43. The summed E-state index contributed by atoms with van der Waals surface area (Å²) in [5.74, 6) is 1.17. The van der Waals surface area contributed by atoms with Crippen LogP contribution in [0.3, 0.4) is 0 Å². The van der Waals surface area contributed by atoms with E-state index in [2.05, 4.69) is 20.6 Å². The van der Waals surface area contributed by atoms with Crippen LogP contribution in [0.1, 0.15) is 37.3 Å². The topological polar surface area (TPSA) is 79.4 Å². The van der Waals surface area contributed by atoms with Gasteiger partial charge in [0.2, 0.25) is 0 Å². The van der Waals surface area contributed by atoms with E-state index in [4.69, 9.17) is 16.3 Å². The maximum atomic E-state index is 12.4. The number of nitrogens with zero attached hydrogens (tertiary/aromatic N) is 3. The quantitative estimate of drug-likeness (QED) is 0.798. The van der Waals surface area contributed by atoms with Crippen molar-refractivity contribution in [2.24, 2.45) is 0 Å². The van der Waals surface area contributed by atoms with E-state index >= 15 is 0 Å². The molecule has 2 atom stereocenters. The molecule has 1 aromatic rings. The van der Waals surface area contributed by atoms with Gasteiger partial charge in [-0.1, -0.05) is 11.6 Å². The molecule has 7 nitrogen and oxygen atoms in total. The number of ether oxygens (including phenoxy) is 1. The number of carbonyl (C=O) groups excluding carboxylic acids is 1. The normalized spacial score (nSPS) is 27.0. The number of morpholine rings is 1. The fourth-order valence-electron chi connectivity index (χ4n) is 3.06. The Bertz CT molecular complexity index is 637. The number of hydrogen-bond donors (Lipinski definition) is 2. The van der Waals surface area contributed by atoms with Gasteiger partial charge in [0.05, 0.1) is 6.61 Å². The van der Waals surface area contributed by atoms with Gasteiger partial charge in [0.1, 0.15) is 17.1 Å². The van der Waals surface area contributed by atoms with Crippen LogP contribution in [0.15, 0.2) is 0 Å². The Kier molecular flexibility index (Phi) is 3.87. The van der Waals surface area contributed by atoms with Crippen LogP contribution in [0.5, 0.6) is 0 Å². The van der Waals surface area contributed by atoms with Crippen molar-refractivity contribution in [3.63, 3.8) is 0 Å². The van der Waals surface area contributed by atoms with Gasteiger partial charge in [-0.2, -0.15) is 0 Å². The van der Waals surface area contributed by atoms with Crippen molar-refractivity contribution in [2.75, 3.05) is 24.6 Å². The first kappa shape index (κ1) is 15.1. The van der Waals surface area contributed by atoms with Gasteiger partial charge in [0.15, 0.2) is 5.82 Å². The molecule has 2 amide bonds. The lowest BCUT2D eigenvalue weighted by Gasteiger charge is -2.29. The maximum absolute atomic E-state index is 12.4. The van der Waals surface area contributed by atoms with E-state index in [1.54, 1.807) is 4.90 Å². The summed E-state index contributed by atoms with van der Waals surface area (Å²) >= 11 is 6.34. The summed E-state index contributed by atoms with van der Waals surface area (Å²) in [6.07, 6.45) is 2.55. The fraction of sp³-hybridized carbons (Fsp3) is 0.667. The molecule has 2 aliphatic heterocycles. The Balaban J connectivity index is 1.63. The summed E-state index contributed by atoms with van der Waals surface area (Å²) in [6.45, 7) is 4.04. The smallest absolute Gasteiger partial charge is 0.323 e. The Labute approximate surface area is 139 Å². The third-order valence-electron chi connectivity index (χ3n) is 4.52. The van der Waals surface area contributed by atoms with Gasteiger partial charge >= 0.3 is 6.03 Å². The molecule has 8 heteroatoms. The Morgan fingerprint density at radius 3 is 3.00 bits per heavy atom. The molecule has 0 bridgehead atoms. The highest BCUT2D eigenvalue weighted by atomic mass is 35.5. The molecule has 1 saturated heterocycles. The number of urea groups is 1. The van der Waals surface area contributed by atoms with Gasteiger partial charge in [-0.25, -0.2) is 14.8 Å². The minimum atomic E-state index is -0.250. The highest BCUT2D eigenvalue weighted by molar-refractivity contribution is 6.30. The number of halogens is 1. The number of carbonyl (C=O) groups is 1. The predicted molar refractivity (Wildman–Crippen MR) is 85.8 cm³/mol. The number of rotatable bonds is 2. The molecule has 0 aromatic carbocycles. The number of hydrogen-bond acceptors (Lipinski definition) is 5. The Morgan fingerprint density at radius 2 is 2.26 bits per heavy atom. The number of anilines is 1. The zero-order valence-corrected chi connectivity index (χ0v) is 13.8. The second-order valence-corrected chi connectivity index (χ2v) is 6.69. The van der Waals surface area contributed by atoms with Crippen LogP contribution in [-0.2, 0) is 11.2 Å². The van der Waals surface area contributed by atoms with Crippen LogP contribution < -0.4 is 15.5 Å². The predicted octanol–water partition coefficient (Wildman–Crippen LogP) is 1.41. The molecule has 2 fully saturated rings. The average Bonchev–Trinajstić information content (AvgIpc) is 3.23. The SMILES string of the molecule is CC1NCCOC1c1nc(Cl)c2c(n1)N(C(=O)NC1CC1)CC2. The molecule has 1 aromatic heterocycles. The monoisotopic (exact) mass is 337 g/mol. The molecule has 2 unspecified atom stereocenters. The summed E-state index contributed by atoms with van der Waals surface area (Å²) in [4.78, 5) is 23.1. The lowest BCUT2D eigenvalue weighted by atomic mass is 10.1. The van der Waals surface area contributed by atoms with E-state index in [0.29, 0.717) is 42.4 Å². The van der Waals surface area contributed by atoms with Crippen LogP contribution >= 0.6 is 11.6 Å². The van der Waals surface area contributed by atoms with E-state index < -0.39 is 0 Å². The van der Waals surface area contributed by atoms with Gasteiger partial charge in [-0.3, -0.25) is 4.90 Å². The molecule has 2 N–H and O–H groups in total. The molecular formula is C15H20ClN5O2. The molecule has 0 radical (unpaired) electrons. The van der Waals surface area contributed by atoms with Crippen molar-refractivity contribution in [2.45, 2.75) is 44.4 Å². The summed E-state index contributed by atoms with van der Waals surface area (Å²) in [5, 5.41) is 6.77. The summed E-state index contributed by atoms with van der Waals surface area (Å²) in [6, 6.07) is 0.324. The van der Waals surface area contributed by atoms with E-state index in [1.165, 1.54) is 0 Å². The molecule has 23 heavy (non-hydrogen) atoms. The minimum Gasteiger partial charge on any atom is -0.367 e. The molecule has 1 saturated carbocycles. The van der Waals surface area contributed by atoms with Gasteiger partial charge in [0, 0.05) is 30.7 Å². The van der Waals surface area contributed by atoms with Crippen molar-refractivity contribution in [3.05, 3.63) is 16.5 Å². The van der Waals surface area contributed by atoms with E-state index in [1.807, 2.05) is 6.92 Å². The zero-order chi connectivity index (χ0) is 16.0. The number of fused-ring (bicyclic) bond motifs is 1. The van der Waals surface area contributed by atoms with Gasteiger partial charge in [-0.15, -0.1) is 0 Å². The Hall–Kier alpha value is -1.44. The van der Waals surface area contributed by atoms with Crippen LogP contribution in [0.25, 0.3) is 0 Å². The number of aromatic nitrogens is 2. The molecule has 0 spiro atoms. The number of nitrogens with one attached hydrogen (secondary N) is 2. The van der Waals surface area contributed by atoms with E-state index in [0.717, 1.165) is 24.9 Å². The van der Waals surface area contributed by atoms with Crippen LogP contribution in [0.4, 0.5) is 10.6 Å². The lowest BCUT2D eigenvalue weighted by molar-refractivity contribution is -0.00554. The van der Waals surface area contributed by atoms with Gasteiger partial charge in [0.25, 0.3) is 0 Å². The molecule has 124 valence electrons. The molecule has 3 aliphatic rings. The minimum absolute atomic E-state index is 0.0947. The van der Waals surface area contributed by atoms with Crippen LogP contribution in [-0.4, -0.2) is 47.8 Å². The summed E-state index contributed by atoms with van der Waals surface area (Å²) < 4.78 is 5.80. The first-order valence-corrected chi connectivity index (χ1v) is 8.50. The molecule has 1 aliphatic carbocycles. The van der Waals surface area contributed by atoms with Crippen LogP contribution in [0, 0.1) is 0 Å². The van der Waals surface area contributed by atoms with Gasteiger partial charge in [-0.05, 0) is 26.2 Å². The van der Waals surface area contributed by atoms with Crippen molar-refractivity contribution < 1.29 is 9.53 Å². The average molecular weight is 338 g/mol. The first-order chi connectivity index (χ1) is 11.1. The van der Waals surface area contributed by atoms with Crippen molar-refractivity contribution in [3.8, 4) is 0 Å². The number of amides is 2. The van der Waals surface area contributed by atoms with Crippen molar-refractivity contribution >= 4 is 23.4 Å². The second-order valence-electron chi connectivity index (χ2n) is 6.33. The standard InChI is InChI=1S/C15H20ClN5O2/c1-8-11(23-7-5-17-8)13-19-12(16)10-4-6-21(14(10)20-13)15(22)18-9-2-3-9/h8-9,11,17H,2-7H2,1H3,(H,18,22). The highest BCUT2D eigenvalue weighted by Crippen LogP contribution is 2.34. The fourth-order valence-corrected chi connectivity index (χ4v) is 3.32. The summed E-state index contributed by atoms with van der Waals surface area (Å²) in [5.41, 5.74) is 0.845. The third-order valence-corrected chi connectivity index (χ3v) is 4.83. The molecule has 3 heterocycles. The summed E-state index contributed by atoms with van der Waals surface area (Å²) in [7, 11) is 0. The van der Waals surface area contributed by atoms with Gasteiger partial charge < -0.3 is 15.4 Å². The highest BCUT2D eigenvalue weighted by Gasteiger charge is 2.35. The maximum Gasteiger partial charge on any atom is 0.323 e. The van der Waals surface area contributed by atoms with E-state index in [9.17, 15) is 4.79 Å². The van der Waals surface area contributed by atoms with E-state index in [-0.39, 0.29) is 18.2 Å². The van der Waals surface area contributed by atoms with Crippen LogP contribution in [0.2, 0.25) is 5.15 Å². The largest absolute Gasteiger partial charge is 0.367 e. The zero-order valence-electron chi connectivity index (χ0n) is 13.0. The van der Waals surface area contributed by atoms with Crippen molar-refractivity contribution in [1.29, 1.82) is 0 Å². The first-order valence-electron chi connectivity index (χ1n) is 8.13. The molecule has 4 rings (SSSR count). The van der Waals surface area contributed by atoms with Crippen molar-refractivity contribution in [1.82, 2.24) is 20.6 Å². The second kappa shape index (κ2) is 5.89. The molecular weight excluding hydrogens is 318 g/mol. The third kappa shape index (κ3) is 2.88.